The standard InChI is InChI=1S/C23H27N5O3.2C2HF3O2/c24-21(25)16-4-3-5-17(12-16)28-14-18(29)13-20(28)23(30)31-19-8-6-15(7-9-19)22(26)27-10-1-2-11-27;2*3-2(4,5)1(6)7/h3-9,12,18,20,26,29H,1-2,10-11,13-14H2,(H3,24,25);2*(H,6,7)/t18-,20?;;/m1../s1. The summed E-state index contributed by atoms with van der Waals surface area (Å²) in [4.78, 5) is 34.5. The normalized spacial score (nSPS) is 17.8. The number of nitrogens with one attached hydrogen (secondary N) is 2. The number of aliphatic carboxylic acids is 2. The van der Waals surface area contributed by atoms with Crippen molar-refractivity contribution < 1.29 is 60.8 Å². The average Bonchev–Trinajstić information content (AvgIpc) is 3.63. The maximum Gasteiger partial charge on any atom is 0.490 e. The highest BCUT2D eigenvalue weighted by Gasteiger charge is 2.39. The minimum atomic E-state index is -5.08. The van der Waals surface area contributed by atoms with Crippen molar-refractivity contribution in [2.45, 2.75) is 43.8 Å². The number of carboxylic acid groups (broad SMARTS) is 2. The first kappa shape index (κ1) is 36.3. The molecule has 2 aromatic carbocycles. The van der Waals surface area contributed by atoms with Crippen molar-refractivity contribution in [3.8, 4) is 5.75 Å². The molecule has 4 rings (SSSR count). The topological polar surface area (TPSA) is 201 Å². The van der Waals surface area contributed by atoms with Crippen LogP contribution in [-0.4, -0.2) is 93.9 Å². The number of β-amino-alcohol motifs (C(OH)–C–C–N with tert-alkyl or cyclic N) is 1. The molecule has 2 atom stereocenters. The molecule has 0 bridgehead atoms. The van der Waals surface area contributed by atoms with Gasteiger partial charge in [0.25, 0.3) is 0 Å². The van der Waals surface area contributed by atoms with E-state index in [1.165, 1.54) is 0 Å². The number of hydrogen-bond donors (Lipinski definition) is 6. The lowest BCUT2D eigenvalue weighted by atomic mass is 10.1. The number of alkyl halides is 6. The molecule has 0 radical (unpaired) electrons. The van der Waals surface area contributed by atoms with Crippen molar-refractivity contribution >= 4 is 35.3 Å². The SMILES string of the molecule is N=C(N)c1cccc(N2C[C@H](O)CC2C(=O)Oc2ccc(C(=N)N3CCCC3)cc2)c1.O=C(O)C(F)(F)F.O=C(O)C(F)(F)F. The first-order valence-corrected chi connectivity index (χ1v) is 13.0. The van der Waals surface area contributed by atoms with Crippen LogP contribution < -0.4 is 15.4 Å². The molecule has 18 heteroatoms. The zero-order chi connectivity index (χ0) is 34.1. The molecule has 2 fully saturated rings. The van der Waals surface area contributed by atoms with E-state index in [1.54, 1.807) is 47.4 Å². The maximum absolute atomic E-state index is 12.9. The number of nitrogens with zero attached hydrogens (tertiary/aromatic N) is 2. The minimum absolute atomic E-state index is 0.0553. The predicted molar refractivity (Wildman–Crippen MR) is 146 cm³/mol. The zero-order valence-corrected chi connectivity index (χ0v) is 23.2. The molecule has 2 aliphatic rings. The van der Waals surface area contributed by atoms with Gasteiger partial charge in [0.1, 0.15) is 23.5 Å². The molecule has 12 nitrogen and oxygen atoms in total. The largest absolute Gasteiger partial charge is 0.490 e. The summed E-state index contributed by atoms with van der Waals surface area (Å²) in [5, 5.41) is 40.4. The van der Waals surface area contributed by atoms with Gasteiger partial charge in [-0.2, -0.15) is 26.3 Å². The van der Waals surface area contributed by atoms with Gasteiger partial charge in [-0.3, -0.25) is 10.8 Å². The van der Waals surface area contributed by atoms with Gasteiger partial charge in [0.05, 0.1) is 6.10 Å². The van der Waals surface area contributed by atoms with Gasteiger partial charge in [-0.05, 0) is 49.2 Å². The smallest absolute Gasteiger partial charge is 0.475 e. The Kier molecular flexibility index (Phi) is 12.3. The molecule has 2 saturated heterocycles. The molecular formula is C27H29F6N5O7. The number of esters is 1. The number of anilines is 1. The van der Waals surface area contributed by atoms with Crippen LogP contribution in [0.4, 0.5) is 32.0 Å². The fourth-order valence-electron chi connectivity index (χ4n) is 4.16. The Morgan fingerprint density at radius 1 is 0.867 bits per heavy atom. The van der Waals surface area contributed by atoms with E-state index in [0.29, 0.717) is 29.4 Å². The lowest BCUT2D eigenvalue weighted by Crippen LogP contribution is -2.39. The Morgan fingerprint density at radius 2 is 1.38 bits per heavy atom. The number of hydrogen-bond acceptors (Lipinski definition) is 8. The average molecular weight is 650 g/mol. The van der Waals surface area contributed by atoms with Crippen LogP contribution in [0.15, 0.2) is 48.5 Å². The number of likely N-dealkylation sites (tertiary alicyclic amines) is 1. The Morgan fingerprint density at radius 3 is 1.84 bits per heavy atom. The van der Waals surface area contributed by atoms with E-state index < -0.39 is 42.4 Å². The molecule has 246 valence electrons. The lowest BCUT2D eigenvalue weighted by molar-refractivity contribution is -0.193. The van der Waals surface area contributed by atoms with Crippen LogP contribution >= 0.6 is 0 Å². The first-order valence-electron chi connectivity index (χ1n) is 13.0. The number of carbonyl (C=O) groups is 3. The van der Waals surface area contributed by atoms with Gasteiger partial charge in [-0.25, -0.2) is 14.4 Å². The van der Waals surface area contributed by atoms with Crippen LogP contribution in [0.25, 0.3) is 0 Å². The summed E-state index contributed by atoms with van der Waals surface area (Å²) < 4.78 is 69.1. The molecule has 1 unspecified atom stereocenters. The third-order valence-corrected chi connectivity index (χ3v) is 6.29. The second kappa shape index (κ2) is 15.2. The zero-order valence-electron chi connectivity index (χ0n) is 23.2. The van der Waals surface area contributed by atoms with Crippen LogP contribution in [0.2, 0.25) is 0 Å². The van der Waals surface area contributed by atoms with Gasteiger partial charge >= 0.3 is 30.3 Å². The summed E-state index contributed by atoms with van der Waals surface area (Å²) in [6, 6.07) is 13.4. The van der Waals surface area contributed by atoms with Crippen molar-refractivity contribution in [2.75, 3.05) is 24.5 Å². The molecule has 0 aromatic heterocycles. The number of benzene rings is 2. The van der Waals surface area contributed by atoms with Gasteiger partial charge < -0.3 is 35.6 Å². The molecule has 45 heavy (non-hydrogen) atoms. The van der Waals surface area contributed by atoms with E-state index in [9.17, 15) is 36.2 Å². The van der Waals surface area contributed by atoms with Crippen LogP contribution in [0.3, 0.4) is 0 Å². The lowest BCUT2D eigenvalue weighted by Gasteiger charge is -2.25. The molecule has 0 saturated carbocycles. The highest BCUT2D eigenvalue weighted by atomic mass is 19.4. The Balaban J connectivity index is 0.000000421. The van der Waals surface area contributed by atoms with E-state index in [0.717, 1.165) is 31.5 Å². The number of halogens is 6. The van der Waals surface area contributed by atoms with E-state index in [2.05, 4.69) is 0 Å². The summed E-state index contributed by atoms with van der Waals surface area (Å²) in [5.74, 6) is -5.12. The molecule has 2 heterocycles. The number of nitrogen functional groups attached to an aromatic ring is 1. The van der Waals surface area contributed by atoms with Crippen molar-refractivity contribution in [1.82, 2.24) is 4.90 Å². The number of rotatable bonds is 5. The number of carbonyl (C=O) groups excluding carboxylic acids is 1. The molecule has 0 aliphatic carbocycles. The monoisotopic (exact) mass is 649 g/mol. The molecule has 0 amide bonds. The Labute approximate surface area is 251 Å². The van der Waals surface area contributed by atoms with Crippen molar-refractivity contribution in [2.24, 2.45) is 5.73 Å². The van der Waals surface area contributed by atoms with Crippen molar-refractivity contribution in [3.63, 3.8) is 0 Å². The third kappa shape index (κ3) is 11.0. The quantitative estimate of drug-likeness (QED) is 0.0919. The predicted octanol–water partition coefficient (Wildman–Crippen LogP) is 3.20. The van der Waals surface area contributed by atoms with Gasteiger partial charge in [0.2, 0.25) is 0 Å². The summed E-state index contributed by atoms with van der Waals surface area (Å²) in [7, 11) is 0. The molecular weight excluding hydrogens is 620 g/mol. The van der Waals surface area contributed by atoms with Gasteiger partial charge in [0, 0.05) is 42.9 Å². The third-order valence-electron chi connectivity index (χ3n) is 6.29. The molecule has 2 aliphatic heterocycles. The highest BCUT2D eigenvalue weighted by Crippen LogP contribution is 2.28. The van der Waals surface area contributed by atoms with Crippen molar-refractivity contribution in [3.05, 3.63) is 59.7 Å². The molecule has 0 spiro atoms. The van der Waals surface area contributed by atoms with Gasteiger partial charge in [-0.1, -0.05) is 12.1 Å². The van der Waals surface area contributed by atoms with Crippen molar-refractivity contribution in [1.29, 1.82) is 10.8 Å². The van der Waals surface area contributed by atoms with E-state index in [4.69, 9.17) is 41.1 Å². The molecule has 2 aromatic rings. The fraction of sp³-hybridized carbons (Fsp3) is 0.370. The number of aliphatic hydroxyl groups excluding tert-OH is 1. The highest BCUT2D eigenvalue weighted by molar-refractivity contribution is 5.97. The number of nitrogens with two attached hydrogens (primary N) is 1. The van der Waals surface area contributed by atoms with E-state index in [-0.39, 0.29) is 12.3 Å². The Hall–Kier alpha value is -4.87. The first-order chi connectivity index (χ1) is 20.8. The molecule has 7 N–H and O–H groups in total. The number of aliphatic hydroxyl groups is 1. The summed E-state index contributed by atoms with van der Waals surface area (Å²) in [6.07, 6.45) is -8.34. The maximum atomic E-state index is 12.9. The van der Waals surface area contributed by atoms with Gasteiger partial charge in [0.15, 0.2) is 0 Å². The van der Waals surface area contributed by atoms with E-state index in [1.807, 2.05) is 11.0 Å². The van der Waals surface area contributed by atoms with Crippen LogP contribution in [0.1, 0.15) is 30.4 Å². The summed E-state index contributed by atoms with van der Waals surface area (Å²) in [5.41, 5.74) is 7.64. The fourth-order valence-corrected chi connectivity index (χ4v) is 4.16. The second-order valence-electron chi connectivity index (χ2n) is 9.62. The van der Waals surface area contributed by atoms with Crippen LogP contribution in [-0.2, 0) is 14.4 Å². The number of carboxylic acids is 2. The second-order valence-corrected chi connectivity index (χ2v) is 9.62. The summed E-state index contributed by atoms with van der Waals surface area (Å²) in [6.45, 7) is 2.10. The van der Waals surface area contributed by atoms with Crippen LogP contribution in [0, 0.1) is 10.8 Å². The number of amidine groups is 2. The van der Waals surface area contributed by atoms with Crippen LogP contribution in [0.5, 0.6) is 5.75 Å². The minimum Gasteiger partial charge on any atom is -0.475 e. The van der Waals surface area contributed by atoms with E-state index >= 15 is 0 Å². The summed E-state index contributed by atoms with van der Waals surface area (Å²) >= 11 is 0. The Bertz CT molecular complexity index is 1360. The number of ether oxygens (including phenoxy) is 1. The van der Waals surface area contributed by atoms with Gasteiger partial charge in [-0.15, -0.1) is 0 Å².